The Kier molecular flexibility index (Phi) is 4.18. The highest BCUT2D eigenvalue weighted by atomic mass is 35.5. The van der Waals surface area contributed by atoms with E-state index in [0.717, 1.165) is 0 Å². The van der Waals surface area contributed by atoms with Crippen molar-refractivity contribution >= 4 is 17.3 Å². The highest BCUT2D eigenvalue weighted by Crippen LogP contribution is 2.27. The number of nitro benzene ring substituents is 1. The summed E-state index contributed by atoms with van der Waals surface area (Å²) in [7, 11) is 0. The molecule has 0 spiro atoms. The molecule has 2 rings (SSSR count). The average molecular weight is 289 g/mol. The minimum atomic E-state index is -0.504. The maximum atomic E-state index is 10.8. The molecule has 0 fully saturated rings. The zero-order valence-electron chi connectivity index (χ0n) is 10.2. The van der Waals surface area contributed by atoms with Crippen LogP contribution in [0.5, 0.6) is 5.75 Å². The first-order valence-corrected chi connectivity index (χ1v) is 6.04. The van der Waals surface area contributed by atoms with Gasteiger partial charge in [0.15, 0.2) is 5.75 Å². The summed E-state index contributed by atoms with van der Waals surface area (Å²) >= 11 is 6.01. The van der Waals surface area contributed by atoms with Gasteiger partial charge < -0.3 is 4.74 Å². The van der Waals surface area contributed by atoms with Gasteiger partial charge in [0, 0.05) is 16.7 Å². The van der Waals surface area contributed by atoms with Crippen LogP contribution in [-0.4, -0.2) is 4.92 Å². The van der Waals surface area contributed by atoms with Gasteiger partial charge in [0.25, 0.3) is 0 Å². The first-order valence-electron chi connectivity index (χ1n) is 5.66. The summed E-state index contributed by atoms with van der Waals surface area (Å²) in [6, 6.07) is 12.9. The number of rotatable bonds is 4. The third-order valence-electron chi connectivity index (χ3n) is 2.63. The van der Waals surface area contributed by atoms with Crippen molar-refractivity contribution in [1.82, 2.24) is 0 Å². The number of para-hydroxylation sites is 2. The summed E-state index contributed by atoms with van der Waals surface area (Å²) in [5.74, 6) is 0.179. The minimum absolute atomic E-state index is 0.0927. The van der Waals surface area contributed by atoms with Crippen LogP contribution in [0, 0.1) is 21.4 Å². The number of ether oxygens (including phenoxy) is 1. The summed E-state index contributed by atoms with van der Waals surface area (Å²) in [4.78, 5) is 10.3. The lowest BCUT2D eigenvalue weighted by Crippen LogP contribution is -1.99. The monoisotopic (exact) mass is 288 g/mol. The summed E-state index contributed by atoms with van der Waals surface area (Å²) in [6.45, 7) is 0.0927. The summed E-state index contributed by atoms with van der Waals surface area (Å²) in [5.41, 5.74) is 1.01. The molecule has 5 nitrogen and oxygen atoms in total. The number of benzene rings is 2. The van der Waals surface area contributed by atoms with Crippen LogP contribution in [0.25, 0.3) is 0 Å². The van der Waals surface area contributed by atoms with Crippen molar-refractivity contribution in [1.29, 1.82) is 5.26 Å². The third kappa shape index (κ3) is 3.05. The Labute approximate surface area is 120 Å². The third-order valence-corrected chi connectivity index (χ3v) is 2.98. The molecule has 0 aliphatic rings. The zero-order valence-corrected chi connectivity index (χ0v) is 11.0. The van der Waals surface area contributed by atoms with Crippen LogP contribution in [0.3, 0.4) is 0 Å². The molecule has 0 radical (unpaired) electrons. The first-order chi connectivity index (χ1) is 9.61. The molecule has 20 heavy (non-hydrogen) atoms. The van der Waals surface area contributed by atoms with Crippen molar-refractivity contribution in [2.45, 2.75) is 6.61 Å². The van der Waals surface area contributed by atoms with Gasteiger partial charge in [-0.1, -0.05) is 29.8 Å². The molecule has 6 heteroatoms. The number of nitriles is 1. The van der Waals surface area contributed by atoms with Crippen LogP contribution < -0.4 is 4.74 Å². The normalized spacial score (nSPS) is 9.80. The minimum Gasteiger partial charge on any atom is -0.482 e. The molecule has 2 aromatic carbocycles. The van der Waals surface area contributed by atoms with E-state index in [1.165, 1.54) is 18.2 Å². The topological polar surface area (TPSA) is 76.2 Å². The van der Waals surface area contributed by atoms with Gasteiger partial charge >= 0.3 is 5.69 Å². The van der Waals surface area contributed by atoms with E-state index in [1.54, 1.807) is 24.3 Å². The number of hydrogen-bond acceptors (Lipinski definition) is 4. The number of nitrogens with zero attached hydrogens (tertiary/aromatic N) is 2. The molecular weight excluding hydrogens is 280 g/mol. The van der Waals surface area contributed by atoms with Crippen molar-refractivity contribution in [2.24, 2.45) is 0 Å². The van der Waals surface area contributed by atoms with E-state index in [0.29, 0.717) is 16.1 Å². The predicted molar refractivity (Wildman–Crippen MR) is 73.6 cm³/mol. The SMILES string of the molecule is N#Cc1ccc(COc2ccccc2[N+](=O)[O-])c(Cl)c1. The van der Waals surface area contributed by atoms with E-state index in [2.05, 4.69) is 0 Å². The maximum absolute atomic E-state index is 10.8. The zero-order chi connectivity index (χ0) is 14.5. The van der Waals surface area contributed by atoms with E-state index in [4.69, 9.17) is 21.6 Å². The lowest BCUT2D eigenvalue weighted by Gasteiger charge is -2.08. The van der Waals surface area contributed by atoms with Crippen LogP contribution in [0.15, 0.2) is 42.5 Å². The van der Waals surface area contributed by atoms with Crippen molar-refractivity contribution in [3.05, 3.63) is 68.7 Å². The smallest absolute Gasteiger partial charge is 0.310 e. The molecular formula is C14H9ClN2O3. The Morgan fingerprint density at radius 1 is 1.30 bits per heavy atom. The molecule has 0 heterocycles. The van der Waals surface area contributed by atoms with Gasteiger partial charge in [-0.2, -0.15) is 5.26 Å². The fourth-order valence-electron chi connectivity index (χ4n) is 1.62. The van der Waals surface area contributed by atoms with Crippen LogP contribution >= 0.6 is 11.6 Å². The van der Waals surface area contributed by atoms with E-state index in [-0.39, 0.29) is 18.0 Å². The van der Waals surface area contributed by atoms with Gasteiger partial charge in [-0.15, -0.1) is 0 Å². The molecule has 100 valence electrons. The van der Waals surface area contributed by atoms with E-state index in [9.17, 15) is 10.1 Å². The molecule has 0 aliphatic carbocycles. The first kappa shape index (κ1) is 13.8. The molecule has 0 saturated carbocycles. The quantitative estimate of drug-likeness (QED) is 0.635. The number of hydrogen-bond donors (Lipinski definition) is 0. The predicted octanol–water partition coefficient (Wildman–Crippen LogP) is 3.70. The summed E-state index contributed by atoms with van der Waals surface area (Å²) in [5, 5.41) is 20.0. The van der Waals surface area contributed by atoms with Crippen molar-refractivity contribution in [3.63, 3.8) is 0 Å². The van der Waals surface area contributed by atoms with Gasteiger partial charge in [0.2, 0.25) is 0 Å². The summed E-state index contributed by atoms with van der Waals surface area (Å²) in [6.07, 6.45) is 0. The molecule has 0 atom stereocenters. The average Bonchev–Trinajstić information content (AvgIpc) is 2.46. The highest BCUT2D eigenvalue weighted by molar-refractivity contribution is 6.31. The fraction of sp³-hybridized carbons (Fsp3) is 0.0714. The van der Waals surface area contributed by atoms with Gasteiger partial charge in [0.05, 0.1) is 16.6 Å². The van der Waals surface area contributed by atoms with Crippen LogP contribution in [0.2, 0.25) is 5.02 Å². The number of halogens is 1. The van der Waals surface area contributed by atoms with Crippen molar-refractivity contribution in [3.8, 4) is 11.8 Å². The second-order valence-electron chi connectivity index (χ2n) is 3.93. The van der Waals surface area contributed by atoms with Gasteiger partial charge in [-0.3, -0.25) is 10.1 Å². The van der Waals surface area contributed by atoms with E-state index in [1.807, 2.05) is 6.07 Å². The van der Waals surface area contributed by atoms with Gasteiger partial charge in [0.1, 0.15) is 6.61 Å². The Hall–Kier alpha value is -2.58. The molecule has 0 bridgehead atoms. The van der Waals surface area contributed by atoms with Crippen molar-refractivity contribution in [2.75, 3.05) is 0 Å². The Bertz CT molecular complexity index is 695. The van der Waals surface area contributed by atoms with E-state index < -0.39 is 4.92 Å². The fourth-order valence-corrected chi connectivity index (χ4v) is 1.85. The Morgan fingerprint density at radius 3 is 2.70 bits per heavy atom. The lowest BCUT2D eigenvalue weighted by molar-refractivity contribution is -0.385. The standard InChI is InChI=1S/C14H9ClN2O3/c15-12-7-10(8-16)5-6-11(12)9-20-14-4-2-1-3-13(14)17(18)19/h1-7H,9H2. The second-order valence-corrected chi connectivity index (χ2v) is 4.34. The second kappa shape index (κ2) is 6.04. The molecule has 0 saturated heterocycles. The maximum Gasteiger partial charge on any atom is 0.310 e. The molecule has 0 unspecified atom stereocenters. The molecule has 2 aromatic rings. The van der Waals surface area contributed by atoms with Crippen LogP contribution in [0.4, 0.5) is 5.69 Å². The molecule has 0 N–H and O–H groups in total. The van der Waals surface area contributed by atoms with Crippen LogP contribution in [0.1, 0.15) is 11.1 Å². The molecule has 0 aliphatic heterocycles. The molecule has 0 amide bonds. The lowest BCUT2D eigenvalue weighted by atomic mass is 10.1. The van der Waals surface area contributed by atoms with Crippen molar-refractivity contribution < 1.29 is 9.66 Å². The van der Waals surface area contributed by atoms with Gasteiger partial charge in [-0.05, 0) is 18.2 Å². The molecule has 0 aromatic heterocycles. The Morgan fingerprint density at radius 2 is 2.05 bits per heavy atom. The van der Waals surface area contributed by atoms with Crippen LogP contribution in [-0.2, 0) is 6.61 Å². The number of nitro groups is 1. The van der Waals surface area contributed by atoms with Gasteiger partial charge in [-0.25, -0.2) is 0 Å². The Balaban J connectivity index is 2.18. The summed E-state index contributed by atoms with van der Waals surface area (Å²) < 4.78 is 5.43. The largest absolute Gasteiger partial charge is 0.482 e. The highest BCUT2D eigenvalue weighted by Gasteiger charge is 2.14. The van der Waals surface area contributed by atoms with E-state index >= 15 is 0 Å².